The highest BCUT2D eigenvalue weighted by Gasteiger charge is 2.13. The SMILES string of the molecule is CC(C)Nc1nc(Nc2ccccc2)nc(-c2ncccc2O)n1. The average molecular weight is 322 g/mol. The van der Waals surface area contributed by atoms with Crippen LogP contribution >= 0.6 is 0 Å². The molecule has 3 rings (SSSR count). The van der Waals surface area contributed by atoms with Crippen LogP contribution in [0.25, 0.3) is 11.5 Å². The minimum absolute atomic E-state index is 0.0184. The predicted octanol–water partition coefficient (Wildman–Crippen LogP) is 3.20. The van der Waals surface area contributed by atoms with Crippen molar-refractivity contribution < 1.29 is 5.11 Å². The summed E-state index contributed by atoms with van der Waals surface area (Å²) in [6.07, 6.45) is 1.58. The Balaban J connectivity index is 2.02. The third kappa shape index (κ3) is 3.75. The Hall–Kier alpha value is -3.22. The molecule has 0 aliphatic rings. The molecule has 0 saturated heterocycles. The Kier molecular flexibility index (Phi) is 4.51. The van der Waals surface area contributed by atoms with Gasteiger partial charge >= 0.3 is 0 Å². The van der Waals surface area contributed by atoms with Crippen LogP contribution in [-0.4, -0.2) is 31.1 Å². The van der Waals surface area contributed by atoms with Crippen molar-refractivity contribution >= 4 is 17.6 Å². The van der Waals surface area contributed by atoms with Gasteiger partial charge in [-0.3, -0.25) is 0 Å². The molecule has 0 aliphatic carbocycles. The van der Waals surface area contributed by atoms with Crippen molar-refractivity contribution in [2.45, 2.75) is 19.9 Å². The van der Waals surface area contributed by atoms with Crippen LogP contribution in [0.15, 0.2) is 48.7 Å². The zero-order valence-electron chi connectivity index (χ0n) is 13.4. The predicted molar refractivity (Wildman–Crippen MR) is 93.2 cm³/mol. The van der Waals surface area contributed by atoms with Crippen LogP contribution in [0, 0.1) is 0 Å². The van der Waals surface area contributed by atoms with Gasteiger partial charge in [0.25, 0.3) is 0 Å². The molecule has 0 radical (unpaired) electrons. The largest absolute Gasteiger partial charge is 0.506 e. The lowest BCUT2D eigenvalue weighted by molar-refractivity contribution is 0.474. The summed E-state index contributed by atoms with van der Waals surface area (Å²) < 4.78 is 0. The summed E-state index contributed by atoms with van der Waals surface area (Å²) in [6.45, 7) is 3.98. The molecule has 0 bridgehead atoms. The number of hydrogen-bond donors (Lipinski definition) is 3. The van der Waals surface area contributed by atoms with Gasteiger partial charge in [-0.2, -0.15) is 15.0 Å². The quantitative estimate of drug-likeness (QED) is 0.663. The van der Waals surface area contributed by atoms with Crippen molar-refractivity contribution in [3.8, 4) is 17.3 Å². The number of aromatic hydroxyl groups is 1. The number of benzene rings is 1. The van der Waals surface area contributed by atoms with Gasteiger partial charge in [-0.15, -0.1) is 0 Å². The van der Waals surface area contributed by atoms with Crippen molar-refractivity contribution in [1.82, 2.24) is 19.9 Å². The molecule has 7 heteroatoms. The Morgan fingerprint density at radius 1 is 0.917 bits per heavy atom. The molecular formula is C17H18N6O. The summed E-state index contributed by atoms with van der Waals surface area (Å²) in [6, 6.07) is 12.9. The van der Waals surface area contributed by atoms with E-state index in [2.05, 4.69) is 30.6 Å². The Labute approximate surface area is 139 Å². The molecule has 1 aromatic carbocycles. The third-order valence-electron chi connectivity index (χ3n) is 3.08. The number of para-hydroxylation sites is 1. The molecule has 0 saturated carbocycles. The van der Waals surface area contributed by atoms with Crippen molar-refractivity contribution in [2.24, 2.45) is 0 Å². The lowest BCUT2D eigenvalue weighted by Crippen LogP contribution is -2.14. The van der Waals surface area contributed by atoms with Gasteiger partial charge < -0.3 is 15.7 Å². The molecule has 0 spiro atoms. The summed E-state index contributed by atoms with van der Waals surface area (Å²) >= 11 is 0. The van der Waals surface area contributed by atoms with E-state index in [0.29, 0.717) is 23.4 Å². The van der Waals surface area contributed by atoms with E-state index in [0.717, 1.165) is 5.69 Å². The molecule has 2 aromatic heterocycles. The van der Waals surface area contributed by atoms with Crippen LogP contribution < -0.4 is 10.6 Å². The van der Waals surface area contributed by atoms with Gasteiger partial charge in [-0.1, -0.05) is 18.2 Å². The molecule has 0 atom stereocenters. The zero-order valence-corrected chi connectivity index (χ0v) is 13.4. The van der Waals surface area contributed by atoms with E-state index in [1.165, 1.54) is 0 Å². The second-order valence-corrected chi connectivity index (χ2v) is 5.47. The summed E-state index contributed by atoms with van der Waals surface area (Å²) in [7, 11) is 0. The highest BCUT2D eigenvalue weighted by atomic mass is 16.3. The zero-order chi connectivity index (χ0) is 16.9. The molecule has 7 nitrogen and oxygen atoms in total. The summed E-state index contributed by atoms with van der Waals surface area (Å²) in [5.74, 6) is 1.10. The highest BCUT2D eigenvalue weighted by molar-refractivity contribution is 5.62. The molecule has 0 aliphatic heterocycles. The van der Waals surface area contributed by atoms with Gasteiger partial charge in [0.2, 0.25) is 11.9 Å². The van der Waals surface area contributed by atoms with E-state index in [-0.39, 0.29) is 11.8 Å². The van der Waals surface area contributed by atoms with E-state index < -0.39 is 0 Å². The first-order valence-electron chi connectivity index (χ1n) is 7.61. The average Bonchev–Trinajstić information content (AvgIpc) is 2.55. The fourth-order valence-corrected chi connectivity index (χ4v) is 2.08. The molecule has 0 unspecified atom stereocenters. The van der Waals surface area contributed by atoms with E-state index in [1.54, 1.807) is 18.3 Å². The Morgan fingerprint density at radius 3 is 2.38 bits per heavy atom. The third-order valence-corrected chi connectivity index (χ3v) is 3.08. The van der Waals surface area contributed by atoms with Gasteiger partial charge in [0.1, 0.15) is 11.4 Å². The topological polar surface area (TPSA) is 95.9 Å². The number of nitrogens with zero attached hydrogens (tertiary/aromatic N) is 4. The number of pyridine rings is 1. The maximum absolute atomic E-state index is 10.0. The molecule has 24 heavy (non-hydrogen) atoms. The van der Waals surface area contributed by atoms with Crippen molar-refractivity contribution in [3.05, 3.63) is 48.7 Å². The number of anilines is 3. The fourth-order valence-electron chi connectivity index (χ4n) is 2.08. The Morgan fingerprint density at radius 2 is 1.67 bits per heavy atom. The van der Waals surface area contributed by atoms with Crippen LogP contribution in [0.4, 0.5) is 17.6 Å². The summed E-state index contributed by atoms with van der Waals surface area (Å²) in [5, 5.41) is 16.3. The van der Waals surface area contributed by atoms with Crippen LogP contribution in [0.5, 0.6) is 5.75 Å². The summed E-state index contributed by atoms with van der Waals surface area (Å²) in [5.41, 5.74) is 1.17. The number of rotatable bonds is 5. The molecule has 0 fully saturated rings. The molecular weight excluding hydrogens is 304 g/mol. The number of nitrogens with one attached hydrogen (secondary N) is 2. The van der Waals surface area contributed by atoms with E-state index in [4.69, 9.17) is 0 Å². The van der Waals surface area contributed by atoms with Gasteiger partial charge in [0, 0.05) is 17.9 Å². The van der Waals surface area contributed by atoms with E-state index >= 15 is 0 Å². The molecule has 2 heterocycles. The normalized spacial score (nSPS) is 10.6. The summed E-state index contributed by atoms with van der Waals surface area (Å²) in [4.78, 5) is 17.3. The lowest BCUT2D eigenvalue weighted by atomic mass is 10.3. The van der Waals surface area contributed by atoms with Crippen LogP contribution in [-0.2, 0) is 0 Å². The highest BCUT2D eigenvalue weighted by Crippen LogP contribution is 2.25. The van der Waals surface area contributed by atoms with Crippen molar-refractivity contribution in [1.29, 1.82) is 0 Å². The van der Waals surface area contributed by atoms with Gasteiger partial charge in [0.15, 0.2) is 5.82 Å². The minimum atomic E-state index is 0.0184. The first kappa shape index (κ1) is 15.7. The molecule has 0 amide bonds. The minimum Gasteiger partial charge on any atom is -0.506 e. The van der Waals surface area contributed by atoms with Gasteiger partial charge in [-0.05, 0) is 38.1 Å². The van der Waals surface area contributed by atoms with Gasteiger partial charge in [0.05, 0.1) is 0 Å². The number of aromatic nitrogens is 4. The van der Waals surface area contributed by atoms with Crippen LogP contribution in [0.3, 0.4) is 0 Å². The second-order valence-electron chi connectivity index (χ2n) is 5.47. The van der Waals surface area contributed by atoms with E-state index in [9.17, 15) is 5.11 Å². The fraction of sp³-hybridized carbons (Fsp3) is 0.176. The van der Waals surface area contributed by atoms with Gasteiger partial charge in [-0.25, -0.2) is 4.98 Å². The smallest absolute Gasteiger partial charge is 0.232 e. The van der Waals surface area contributed by atoms with Crippen LogP contribution in [0.1, 0.15) is 13.8 Å². The Bertz CT molecular complexity index is 822. The molecule has 3 N–H and O–H groups in total. The maximum atomic E-state index is 10.0. The van der Waals surface area contributed by atoms with E-state index in [1.807, 2.05) is 44.2 Å². The first-order chi connectivity index (χ1) is 11.6. The lowest BCUT2D eigenvalue weighted by Gasteiger charge is -2.12. The van der Waals surface area contributed by atoms with Crippen molar-refractivity contribution in [3.63, 3.8) is 0 Å². The first-order valence-corrected chi connectivity index (χ1v) is 7.61. The molecule has 122 valence electrons. The van der Waals surface area contributed by atoms with Crippen molar-refractivity contribution in [2.75, 3.05) is 10.6 Å². The molecule has 3 aromatic rings. The van der Waals surface area contributed by atoms with Crippen LogP contribution in [0.2, 0.25) is 0 Å². The standard InChI is InChI=1S/C17H18N6O/c1-11(2)19-16-21-15(14-13(24)9-6-10-18-14)22-17(23-16)20-12-7-4-3-5-8-12/h3-11,24H,1-2H3,(H2,19,20,21,22,23). The monoisotopic (exact) mass is 322 g/mol. The maximum Gasteiger partial charge on any atom is 0.232 e. The number of hydrogen-bond acceptors (Lipinski definition) is 7. The second kappa shape index (κ2) is 6.91.